The fourth-order valence-corrected chi connectivity index (χ4v) is 1.71. The Morgan fingerprint density at radius 2 is 2.26 bits per heavy atom. The van der Waals surface area contributed by atoms with Gasteiger partial charge in [-0.1, -0.05) is 6.07 Å². The van der Waals surface area contributed by atoms with Gasteiger partial charge in [-0.15, -0.1) is 0 Å². The lowest BCUT2D eigenvalue weighted by Crippen LogP contribution is -2.05. The molecular formula is C13H16N2O4. The van der Waals surface area contributed by atoms with Gasteiger partial charge in [-0.25, -0.2) is 4.79 Å². The third-order valence-electron chi connectivity index (χ3n) is 2.63. The van der Waals surface area contributed by atoms with Gasteiger partial charge in [0.2, 0.25) is 0 Å². The second kappa shape index (κ2) is 6.19. The lowest BCUT2D eigenvalue weighted by atomic mass is 10.2. The van der Waals surface area contributed by atoms with Crippen molar-refractivity contribution < 1.29 is 18.7 Å². The predicted molar refractivity (Wildman–Crippen MR) is 70.3 cm³/mol. The summed E-state index contributed by atoms with van der Waals surface area (Å²) in [4.78, 5) is 15.9. The standard InChI is InChI=1S/C13H16N2O4/c1-17-8-4-7-14-13-15-11-9(12(16)18-2)5-3-6-10(11)19-13/h3,5-6H,4,7-8H2,1-2H3,(H,14,15). The highest BCUT2D eigenvalue weighted by molar-refractivity contribution is 6.01. The van der Waals surface area contributed by atoms with Crippen LogP contribution in [0, 0.1) is 0 Å². The second-order valence-corrected chi connectivity index (χ2v) is 3.94. The molecule has 0 radical (unpaired) electrons. The van der Waals surface area contributed by atoms with E-state index in [1.807, 2.05) is 0 Å². The van der Waals surface area contributed by atoms with E-state index in [4.69, 9.17) is 13.9 Å². The molecule has 0 aliphatic rings. The fourth-order valence-electron chi connectivity index (χ4n) is 1.71. The third kappa shape index (κ3) is 3.03. The van der Waals surface area contributed by atoms with Crippen molar-refractivity contribution in [1.82, 2.24) is 4.98 Å². The smallest absolute Gasteiger partial charge is 0.340 e. The van der Waals surface area contributed by atoms with Gasteiger partial charge < -0.3 is 19.2 Å². The highest BCUT2D eigenvalue weighted by atomic mass is 16.5. The Kier molecular flexibility index (Phi) is 4.35. The maximum absolute atomic E-state index is 11.6. The number of para-hydroxylation sites is 1. The van der Waals surface area contributed by atoms with E-state index in [0.29, 0.717) is 35.8 Å². The van der Waals surface area contributed by atoms with Crippen LogP contribution in [0.25, 0.3) is 11.1 Å². The van der Waals surface area contributed by atoms with Crippen LogP contribution in [-0.4, -0.2) is 38.3 Å². The summed E-state index contributed by atoms with van der Waals surface area (Å²) in [5, 5.41) is 3.04. The molecule has 0 amide bonds. The molecule has 1 N–H and O–H groups in total. The molecule has 2 rings (SSSR count). The molecule has 0 aliphatic heterocycles. The molecule has 0 unspecified atom stereocenters. The summed E-state index contributed by atoms with van der Waals surface area (Å²) in [6.45, 7) is 1.36. The number of aromatic nitrogens is 1. The van der Waals surface area contributed by atoms with Crippen LogP contribution in [0.1, 0.15) is 16.8 Å². The number of methoxy groups -OCH3 is 2. The average molecular weight is 264 g/mol. The van der Waals surface area contributed by atoms with Crippen LogP contribution in [0.4, 0.5) is 6.01 Å². The first kappa shape index (κ1) is 13.4. The van der Waals surface area contributed by atoms with E-state index < -0.39 is 5.97 Å². The number of oxazole rings is 1. The van der Waals surface area contributed by atoms with E-state index in [2.05, 4.69) is 10.3 Å². The topological polar surface area (TPSA) is 73.6 Å². The third-order valence-corrected chi connectivity index (χ3v) is 2.63. The zero-order valence-corrected chi connectivity index (χ0v) is 10.9. The summed E-state index contributed by atoms with van der Waals surface area (Å²) < 4.78 is 15.2. The number of rotatable bonds is 6. The Hall–Kier alpha value is -2.08. The van der Waals surface area contributed by atoms with Crippen LogP contribution in [0.15, 0.2) is 22.6 Å². The molecule has 6 heteroatoms. The zero-order chi connectivity index (χ0) is 13.7. The highest BCUT2D eigenvalue weighted by Crippen LogP contribution is 2.22. The predicted octanol–water partition coefficient (Wildman–Crippen LogP) is 2.06. The minimum atomic E-state index is -0.426. The maximum Gasteiger partial charge on any atom is 0.340 e. The van der Waals surface area contributed by atoms with Gasteiger partial charge in [-0.05, 0) is 18.6 Å². The van der Waals surface area contributed by atoms with Crippen LogP contribution < -0.4 is 5.32 Å². The SMILES string of the molecule is COCCCNc1nc2c(C(=O)OC)cccc2o1. The van der Waals surface area contributed by atoms with E-state index in [-0.39, 0.29) is 0 Å². The molecule has 0 atom stereocenters. The van der Waals surface area contributed by atoms with Crippen molar-refractivity contribution >= 4 is 23.1 Å². The number of benzene rings is 1. The highest BCUT2D eigenvalue weighted by Gasteiger charge is 2.15. The van der Waals surface area contributed by atoms with Crippen molar-refractivity contribution in [2.75, 3.05) is 32.7 Å². The Bertz CT molecular complexity index is 565. The van der Waals surface area contributed by atoms with E-state index in [0.717, 1.165) is 6.42 Å². The monoisotopic (exact) mass is 264 g/mol. The number of carbonyl (C=O) groups is 1. The van der Waals surface area contributed by atoms with Crippen molar-refractivity contribution in [2.45, 2.75) is 6.42 Å². The van der Waals surface area contributed by atoms with Crippen molar-refractivity contribution in [1.29, 1.82) is 0 Å². The molecule has 0 aliphatic carbocycles. The number of nitrogens with zero attached hydrogens (tertiary/aromatic N) is 1. The number of nitrogens with one attached hydrogen (secondary N) is 1. The van der Waals surface area contributed by atoms with Crippen molar-refractivity contribution in [2.24, 2.45) is 0 Å². The van der Waals surface area contributed by atoms with Gasteiger partial charge in [-0.2, -0.15) is 4.98 Å². The lowest BCUT2D eigenvalue weighted by molar-refractivity contribution is 0.0603. The zero-order valence-electron chi connectivity index (χ0n) is 10.9. The Balaban J connectivity index is 2.18. The molecule has 1 aromatic carbocycles. The van der Waals surface area contributed by atoms with Gasteiger partial charge >= 0.3 is 5.97 Å². The minimum absolute atomic E-state index is 0.391. The summed E-state index contributed by atoms with van der Waals surface area (Å²) in [6, 6.07) is 5.54. The number of ether oxygens (including phenoxy) is 2. The van der Waals surface area contributed by atoms with Crippen LogP contribution >= 0.6 is 0 Å². The molecule has 1 aromatic heterocycles. The second-order valence-electron chi connectivity index (χ2n) is 3.94. The van der Waals surface area contributed by atoms with E-state index in [9.17, 15) is 4.79 Å². The number of anilines is 1. The lowest BCUT2D eigenvalue weighted by Gasteiger charge is -1.99. The Labute approximate surface area is 110 Å². The summed E-state index contributed by atoms with van der Waals surface area (Å²) in [5.74, 6) is -0.426. The van der Waals surface area contributed by atoms with Gasteiger partial charge in [0.25, 0.3) is 6.01 Å². The molecule has 19 heavy (non-hydrogen) atoms. The quantitative estimate of drug-likeness (QED) is 0.636. The first-order chi connectivity index (χ1) is 9.26. The summed E-state index contributed by atoms with van der Waals surface area (Å²) in [6.07, 6.45) is 0.846. The van der Waals surface area contributed by atoms with E-state index in [1.54, 1.807) is 25.3 Å². The van der Waals surface area contributed by atoms with Gasteiger partial charge in [-0.3, -0.25) is 0 Å². The average Bonchev–Trinajstić information content (AvgIpc) is 2.85. The molecular weight excluding hydrogens is 248 g/mol. The normalized spacial score (nSPS) is 10.6. The van der Waals surface area contributed by atoms with E-state index in [1.165, 1.54) is 7.11 Å². The van der Waals surface area contributed by atoms with E-state index >= 15 is 0 Å². The molecule has 0 bridgehead atoms. The molecule has 0 fully saturated rings. The molecule has 6 nitrogen and oxygen atoms in total. The number of esters is 1. The molecule has 2 aromatic rings. The molecule has 0 spiro atoms. The van der Waals surface area contributed by atoms with Crippen LogP contribution in [0.3, 0.4) is 0 Å². The molecule has 1 heterocycles. The number of fused-ring (bicyclic) bond motifs is 1. The number of hydrogen-bond acceptors (Lipinski definition) is 6. The van der Waals surface area contributed by atoms with Crippen molar-refractivity contribution in [3.05, 3.63) is 23.8 Å². The summed E-state index contributed by atoms with van der Waals surface area (Å²) in [7, 11) is 2.99. The molecule has 0 saturated heterocycles. The van der Waals surface area contributed by atoms with Gasteiger partial charge in [0, 0.05) is 20.3 Å². The molecule has 0 saturated carbocycles. The number of carbonyl (C=O) groups excluding carboxylic acids is 1. The summed E-state index contributed by atoms with van der Waals surface area (Å²) in [5.41, 5.74) is 1.45. The maximum atomic E-state index is 11.6. The van der Waals surface area contributed by atoms with Gasteiger partial charge in [0.1, 0.15) is 5.52 Å². The summed E-state index contributed by atoms with van der Waals surface area (Å²) >= 11 is 0. The fraction of sp³-hybridized carbons (Fsp3) is 0.385. The number of hydrogen-bond donors (Lipinski definition) is 1. The first-order valence-electron chi connectivity index (χ1n) is 5.97. The minimum Gasteiger partial charge on any atom is -0.465 e. The Morgan fingerprint density at radius 3 is 3.00 bits per heavy atom. The first-order valence-corrected chi connectivity index (χ1v) is 5.97. The van der Waals surface area contributed by atoms with Crippen molar-refractivity contribution in [3.8, 4) is 0 Å². The van der Waals surface area contributed by atoms with Crippen LogP contribution in [-0.2, 0) is 9.47 Å². The largest absolute Gasteiger partial charge is 0.465 e. The van der Waals surface area contributed by atoms with Crippen molar-refractivity contribution in [3.63, 3.8) is 0 Å². The van der Waals surface area contributed by atoms with Gasteiger partial charge in [0.15, 0.2) is 5.58 Å². The van der Waals surface area contributed by atoms with Crippen LogP contribution in [0.5, 0.6) is 0 Å². The molecule has 102 valence electrons. The Morgan fingerprint density at radius 1 is 1.42 bits per heavy atom. The van der Waals surface area contributed by atoms with Crippen LogP contribution in [0.2, 0.25) is 0 Å². The van der Waals surface area contributed by atoms with Gasteiger partial charge in [0.05, 0.1) is 12.7 Å².